The molecular weight excluding hydrogens is 299 g/mol. The summed E-state index contributed by atoms with van der Waals surface area (Å²) in [5.74, 6) is 1.03. The number of nitrogens with one attached hydrogen (secondary N) is 1. The first-order valence-electron chi connectivity index (χ1n) is 6.67. The Morgan fingerprint density at radius 3 is 2.70 bits per heavy atom. The summed E-state index contributed by atoms with van der Waals surface area (Å²) in [6.07, 6.45) is 0. The summed E-state index contributed by atoms with van der Waals surface area (Å²) in [5.41, 5.74) is 2.64. The number of ether oxygens (including phenoxy) is 2. The van der Waals surface area contributed by atoms with Gasteiger partial charge in [-0.05, 0) is 17.7 Å². The van der Waals surface area contributed by atoms with E-state index in [1.54, 1.807) is 0 Å². The van der Waals surface area contributed by atoms with Crippen LogP contribution in [0.1, 0.15) is 11.1 Å². The van der Waals surface area contributed by atoms with Crippen molar-refractivity contribution in [2.45, 2.75) is 13.1 Å². The van der Waals surface area contributed by atoms with Crippen LogP contribution >= 0.6 is 24.8 Å². The van der Waals surface area contributed by atoms with Crippen molar-refractivity contribution in [1.82, 2.24) is 10.2 Å². The van der Waals surface area contributed by atoms with Crippen LogP contribution in [0.4, 0.5) is 0 Å². The molecule has 1 aromatic rings. The van der Waals surface area contributed by atoms with Gasteiger partial charge in [0.05, 0.1) is 13.2 Å². The highest BCUT2D eigenvalue weighted by Gasteiger charge is 2.13. The molecule has 1 aromatic carbocycles. The van der Waals surface area contributed by atoms with E-state index >= 15 is 0 Å². The highest BCUT2D eigenvalue weighted by atomic mass is 35.5. The molecule has 2 aliphatic heterocycles. The zero-order valence-electron chi connectivity index (χ0n) is 11.5. The Morgan fingerprint density at radius 2 is 1.90 bits per heavy atom. The van der Waals surface area contributed by atoms with Gasteiger partial charge in [-0.3, -0.25) is 4.90 Å². The Bertz CT molecular complexity index is 412. The van der Waals surface area contributed by atoms with Gasteiger partial charge in [-0.1, -0.05) is 6.07 Å². The van der Waals surface area contributed by atoms with Crippen molar-refractivity contribution in [3.63, 3.8) is 0 Å². The molecule has 0 bridgehead atoms. The van der Waals surface area contributed by atoms with Crippen molar-refractivity contribution in [2.24, 2.45) is 0 Å². The minimum Gasteiger partial charge on any atom is -0.492 e. The topological polar surface area (TPSA) is 33.7 Å². The van der Waals surface area contributed by atoms with Gasteiger partial charge in [-0.25, -0.2) is 0 Å². The van der Waals surface area contributed by atoms with Crippen LogP contribution in [0, 0.1) is 0 Å². The predicted octanol–water partition coefficient (Wildman–Crippen LogP) is 1.84. The Hall–Kier alpha value is -0.520. The fraction of sp³-hybridized carbons (Fsp3) is 0.571. The van der Waals surface area contributed by atoms with Gasteiger partial charge in [0, 0.05) is 38.3 Å². The number of hydrogen-bond acceptors (Lipinski definition) is 4. The molecule has 0 unspecified atom stereocenters. The molecule has 0 saturated carbocycles. The van der Waals surface area contributed by atoms with Crippen molar-refractivity contribution in [3.8, 4) is 5.75 Å². The average Bonchev–Trinajstić information content (AvgIpc) is 2.64. The van der Waals surface area contributed by atoms with Gasteiger partial charge < -0.3 is 14.8 Å². The van der Waals surface area contributed by atoms with Crippen molar-refractivity contribution < 1.29 is 9.47 Å². The first-order valence-corrected chi connectivity index (χ1v) is 6.67. The maximum atomic E-state index is 5.70. The lowest BCUT2D eigenvalue weighted by molar-refractivity contribution is 0.0342. The molecule has 0 atom stereocenters. The van der Waals surface area contributed by atoms with Gasteiger partial charge in [0.1, 0.15) is 12.4 Å². The molecule has 0 amide bonds. The smallest absolute Gasteiger partial charge is 0.123 e. The number of halogens is 2. The van der Waals surface area contributed by atoms with Crippen LogP contribution < -0.4 is 10.1 Å². The normalized spacial score (nSPS) is 18.8. The first kappa shape index (κ1) is 17.5. The molecule has 0 spiro atoms. The number of hydrogen-bond donors (Lipinski definition) is 1. The van der Waals surface area contributed by atoms with E-state index in [4.69, 9.17) is 9.47 Å². The Labute approximate surface area is 132 Å². The van der Waals surface area contributed by atoms with E-state index in [1.165, 1.54) is 11.1 Å². The molecule has 0 aliphatic carbocycles. The SMILES string of the molecule is Cl.Cl.c1cc2c(cc1CN1CCOCC1)CNCCO2. The highest BCUT2D eigenvalue weighted by molar-refractivity contribution is 5.85. The number of morpholine rings is 1. The minimum atomic E-state index is 0. The minimum absolute atomic E-state index is 0. The van der Waals surface area contributed by atoms with Crippen LogP contribution in [0.25, 0.3) is 0 Å². The summed E-state index contributed by atoms with van der Waals surface area (Å²) < 4.78 is 11.1. The van der Waals surface area contributed by atoms with E-state index in [0.717, 1.165) is 58.3 Å². The van der Waals surface area contributed by atoms with Gasteiger partial charge in [0.25, 0.3) is 0 Å². The van der Waals surface area contributed by atoms with Gasteiger partial charge in [0.2, 0.25) is 0 Å². The van der Waals surface area contributed by atoms with Gasteiger partial charge >= 0.3 is 0 Å². The molecule has 2 heterocycles. The third kappa shape index (κ3) is 4.50. The summed E-state index contributed by atoms with van der Waals surface area (Å²) in [4.78, 5) is 2.44. The van der Waals surface area contributed by atoms with Gasteiger partial charge in [-0.15, -0.1) is 24.8 Å². The summed E-state index contributed by atoms with van der Waals surface area (Å²) in [7, 11) is 0. The molecule has 3 rings (SSSR count). The van der Waals surface area contributed by atoms with E-state index in [-0.39, 0.29) is 24.8 Å². The lowest BCUT2D eigenvalue weighted by Gasteiger charge is -2.26. The quantitative estimate of drug-likeness (QED) is 0.901. The molecule has 2 aliphatic rings. The largest absolute Gasteiger partial charge is 0.492 e. The van der Waals surface area contributed by atoms with E-state index < -0.39 is 0 Å². The van der Waals surface area contributed by atoms with Crippen LogP contribution in [-0.2, 0) is 17.8 Å². The fourth-order valence-electron chi connectivity index (χ4n) is 2.48. The summed E-state index contributed by atoms with van der Waals surface area (Å²) in [6.45, 7) is 7.38. The molecule has 1 fully saturated rings. The van der Waals surface area contributed by atoms with Crippen LogP contribution in [0.15, 0.2) is 18.2 Å². The summed E-state index contributed by atoms with van der Waals surface area (Å²) >= 11 is 0. The van der Waals surface area contributed by atoms with Crippen LogP contribution in [0.3, 0.4) is 0 Å². The monoisotopic (exact) mass is 320 g/mol. The number of benzene rings is 1. The van der Waals surface area contributed by atoms with Crippen molar-refractivity contribution in [3.05, 3.63) is 29.3 Å². The molecule has 0 radical (unpaired) electrons. The summed E-state index contributed by atoms with van der Waals surface area (Å²) in [6, 6.07) is 6.56. The van der Waals surface area contributed by atoms with Crippen molar-refractivity contribution >= 4 is 24.8 Å². The third-order valence-electron chi connectivity index (χ3n) is 3.49. The zero-order valence-corrected chi connectivity index (χ0v) is 13.1. The van der Waals surface area contributed by atoms with E-state index in [1.807, 2.05) is 0 Å². The van der Waals surface area contributed by atoms with Gasteiger partial charge in [-0.2, -0.15) is 0 Å². The number of rotatable bonds is 2. The molecule has 4 nitrogen and oxygen atoms in total. The molecule has 0 aromatic heterocycles. The second-order valence-electron chi connectivity index (χ2n) is 4.86. The Kier molecular flexibility index (Phi) is 7.62. The van der Waals surface area contributed by atoms with Gasteiger partial charge in [0.15, 0.2) is 0 Å². The maximum absolute atomic E-state index is 5.70. The predicted molar refractivity (Wildman–Crippen MR) is 84.2 cm³/mol. The van der Waals surface area contributed by atoms with E-state index in [2.05, 4.69) is 28.4 Å². The van der Waals surface area contributed by atoms with Crippen molar-refractivity contribution in [2.75, 3.05) is 39.5 Å². The maximum Gasteiger partial charge on any atom is 0.123 e. The molecule has 1 saturated heterocycles. The first-order chi connectivity index (χ1) is 8.92. The lowest BCUT2D eigenvalue weighted by Crippen LogP contribution is -2.35. The lowest BCUT2D eigenvalue weighted by atomic mass is 10.1. The zero-order chi connectivity index (χ0) is 12.2. The molecular formula is C14H22Cl2N2O2. The molecule has 6 heteroatoms. The number of fused-ring (bicyclic) bond motifs is 1. The van der Waals surface area contributed by atoms with Crippen LogP contribution in [0.2, 0.25) is 0 Å². The fourth-order valence-corrected chi connectivity index (χ4v) is 2.48. The standard InChI is InChI=1S/C14H20N2O2.2ClH/c1-2-14-13(10-15-3-6-18-14)9-12(1)11-16-4-7-17-8-5-16;;/h1-2,9,15H,3-8,10-11H2;2*1H. The Morgan fingerprint density at radius 1 is 1.10 bits per heavy atom. The summed E-state index contributed by atoms with van der Waals surface area (Å²) in [5, 5.41) is 3.38. The third-order valence-corrected chi connectivity index (χ3v) is 3.49. The highest BCUT2D eigenvalue weighted by Crippen LogP contribution is 2.22. The van der Waals surface area contributed by atoms with E-state index in [0.29, 0.717) is 0 Å². The van der Waals surface area contributed by atoms with Crippen LogP contribution in [-0.4, -0.2) is 44.4 Å². The average molecular weight is 321 g/mol. The second-order valence-corrected chi connectivity index (χ2v) is 4.86. The number of nitrogens with zero attached hydrogens (tertiary/aromatic N) is 1. The molecule has 1 N–H and O–H groups in total. The van der Waals surface area contributed by atoms with E-state index in [9.17, 15) is 0 Å². The van der Waals surface area contributed by atoms with Crippen molar-refractivity contribution in [1.29, 1.82) is 0 Å². The Balaban J connectivity index is 0.000001000. The van der Waals surface area contributed by atoms with Crippen LogP contribution in [0.5, 0.6) is 5.75 Å². The molecule has 20 heavy (non-hydrogen) atoms. The second kappa shape index (κ2) is 8.70. The molecule has 114 valence electrons.